The molecule has 1 N–H and O–H groups in total. The van der Waals surface area contributed by atoms with Gasteiger partial charge in [-0.2, -0.15) is 0 Å². The predicted molar refractivity (Wildman–Crippen MR) is 98.0 cm³/mol. The number of amides is 1. The maximum absolute atomic E-state index is 13.8. The van der Waals surface area contributed by atoms with E-state index in [1.165, 1.54) is 33.5 Å². The number of hydrogen-bond donors (Lipinski definition) is 1. The Morgan fingerprint density at radius 1 is 1.04 bits per heavy atom. The lowest BCUT2D eigenvalue weighted by Crippen LogP contribution is -2.25. The fourth-order valence-corrected chi connectivity index (χ4v) is 2.56. The van der Waals surface area contributed by atoms with E-state index in [9.17, 15) is 13.6 Å². The van der Waals surface area contributed by atoms with E-state index in [2.05, 4.69) is 5.32 Å². The Hall–Kier alpha value is -3.09. The second kappa shape index (κ2) is 9.02. The summed E-state index contributed by atoms with van der Waals surface area (Å²) in [5.41, 5.74) is 0.853. The van der Waals surface area contributed by atoms with Gasteiger partial charge in [0.1, 0.15) is 11.6 Å². The fourth-order valence-electron chi connectivity index (χ4n) is 2.56. The van der Waals surface area contributed by atoms with Crippen LogP contribution in [0.3, 0.4) is 0 Å². The van der Waals surface area contributed by atoms with Crippen molar-refractivity contribution < 1.29 is 27.8 Å². The number of nitrogens with one attached hydrogen (secondary N) is 1. The molecule has 2 rings (SSSR count). The normalized spacial score (nSPS) is 11.9. The lowest BCUT2D eigenvalue weighted by molar-refractivity contribution is -0.117. The summed E-state index contributed by atoms with van der Waals surface area (Å²) >= 11 is 0. The van der Waals surface area contributed by atoms with Gasteiger partial charge >= 0.3 is 0 Å². The highest BCUT2D eigenvalue weighted by atomic mass is 19.1. The van der Waals surface area contributed by atoms with E-state index in [0.29, 0.717) is 22.8 Å². The average molecular weight is 377 g/mol. The molecule has 1 atom stereocenters. The standard InChI is InChI=1S/C20H21F2NO4/c1-12(15-7-6-14(21)11-16(15)22)23-19(24)8-5-13-9-17(25-2)20(27-4)18(10-13)26-3/h5-12H,1-4H3,(H,23,24)/b8-5+. The molecule has 0 bridgehead atoms. The van der Waals surface area contributed by atoms with Crippen LogP contribution in [-0.2, 0) is 4.79 Å². The molecule has 144 valence electrons. The van der Waals surface area contributed by atoms with Crippen molar-refractivity contribution >= 4 is 12.0 Å². The van der Waals surface area contributed by atoms with Gasteiger partial charge in [0.05, 0.1) is 27.4 Å². The number of carbonyl (C=O) groups is 1. The SMILES string of the molecule is COc1cc(/C=C/C(=O)NC(C)c2ccc(F)cc2F)cc(OC)c1OC. The molecule has 1 unspecified atom stereocenters. The highest BCUT2D eigenvalue weighted by Crippen LogP contribution is 2.38. The highest BCUT2D eigenvalue weighted by molar-refractivity contribution is 5.92. The third-order valence-electron chi connectivity index (χ3n) is 3.90. The van der Waals surface area contributed by atoms with Gasteiger partial charge in [-0.1, -0.05) is 6.07 Å². The molecule has 2 aromatic carbocycles. The summed E-state index contributed by atoms with van der Waals surface area (Å²) in [5, 5.41) is 2.63. The Kier molecular flexibility index (Phi) is 6.76. The number of rotatable bonds is 7. The van der Waals surface area contributed by atoms with Crippen LogP contribution in [0.4, 0.5) is 8.78 Å². The first-order chi connectivity index (χ1) is 12.9. The summed E-state index contributed by atoms with van der Waals surface area (Å²) in [6.45, 7) is 1.61. The first kappa shape index (κ1) is 20.2. The van der Waals surface area contributed by atoms with Gasteiger partial charge in [0.2, 0.25) is 11.7 Å². The molecule has 0 fully saturated rings. The van der Waals surface area contributed by atoms with Crippen molar-refractivity contribution in [3.8, 4) is 17.2 Å². The van der Waals surface area contributed by atoms with E-state index in [-0.39, 0.29) is 5.56 Å². The van der Waals surface area contributed by atoms with Crippen molar-refractivity contribution in [2.75, 3.05) is 21.3 Å². The topological polar surface area (TPSA) is 56.8 Å². The third-order valence-corrected chi connectivity index (χ3v) is 3.90. The minimum absolute atomic E-state index is 0.200. The Labute approximate surface area is 156 Å². The molecule has 1 amide bonds. The minimum atomic E-state index is -0.712. The Bertz CT molecular complexity index is 827. The van der Waals surface area contributed by atoms with Crippen molar-refractivity contribution in [2.24, 2.45) is 0 Å². The van der Waals surface area contributed by atoms with Gasteiger partial charge in [-0.25, -0.2) is 8.78 Å². The van der Waals surface area contributed by atoms with Crippen LogP contribution < -0.4 is 19.5 Å². The van der Waals surface area contributed by atoms with E-state index in [4.69, 9.17) is 14.2 Å². The lowest BCUT2D eigenvalue weighted by Gasteiger charge is -2.14. The van der Waals surface area contributed by atoms with Crippen molar-refractivity contribution in [2.45, 2.75) is 13.0 Å². The summed E-state index contributed by atoms with van der Waals surface area (Å²) in [4.78, 5) is 12.1. The molecule has 5 nitrogen and oxygen atoms in total. The largest absolute Gasteiger partial charge is 0.493 e. The van der Waals surface area contributed by atoms with Crippen molar-refractivity contribution in [1.82, 2.24) is 5.32 Å². The molecule has 0 saturated heterocycles. The molecule has 7 heteroatoms. The van der Waals surface area contributed by atoms with E-state index in [1.54, 1.807) is 25.1 Å². The predicted octanol–water partition coefficient (Wildman–Crippen LogP) is 3.88. The number of carbonyl (C=O) groups excluding carboxylic acids is 1. The van der Waals surface area contributed by atoms with Crippen LogP contribution in [0.2, 0.25) is 0 Å². The molecule has 0 saturated carbocycles. The first-order valence-electron chi connectivity index (χ1n) is 8.13. The molecule has 2 aromatic rings. The molecule has 0 aromatic heterocycles. The van der Waals surface area contributed by atoms with Crippen LogP contribution >= 0.6 is 0 Å². The van der Waals surface area contributed by atoms with Crippen LogP contribution in [0.15, 0.2) is 36.4 Å². The Balaban J connectivity index is 2.14. The molecular formula is C20H21F2NO4. The smallest absolute Gasteiger partial charge is 0.244 e. The molecule has 0 aliphatic carbocycles. The molecule has 0 heterocycles. The Morgan fingerprint density at radius 3 is 2.19 bits per heavy atom. The van der Waals surface area contributed by atoms with Crippen LogP contribution in [0.25, 0.3) is 6.08 Å². The van der Waals surface area contributed by atoms with Crippen molar-refractivity contribution in [3.63, 3.8) is 0 Å². The van der Waals surface area contributed by atoms with Crippen LogP contribution in [0.1, 0.15) is 24.1 Å². The summed E-state index contributed by atoms with van der Waals surface area (Å²) in [5.74, 6) is -0.451. The van der Waals surface area contributed by atoms with Crippen LogP contribution in [0, 0.1) is 11.6 Å². The van der Waals surface area contributed by atoms with Gasteiger partial charge in [0.25, 0.3) is 0 Å². The summed E-state index contributed by atoms with van der Waals surface area (Å²) in [6, 6.07) is 5.99. The summed E-state index contributed by atoms with van der Waals surface area (Å²) < 4.78 is 42.5. The lowest BCUT2D eigenvalue weighted by atomic mass is 10.1. The second-order valence-electron chi connectivity index (χ2n) is 5.69. The van der Waals surface area contributed by atoms with E-state index < -0.39 is 23.6 Å². The number of hydrogen-bond acceptors (Lipinski definition) is 4. The van der Waals surface area contributed by atoms with Gasteiger partial charge in [0, 0.05) is 17.7 Å². The molecule has 0 aliphatic heterocycles. The van der Waals surface area contributed by atoms with Crippen molar-refractivity contribution in [3.05, 3.63) is 59.2 Å². The van der Waals surface area contributed by atoms with E-state index in [1.807, 2.05) is 0 Å². The zero-order valence-electron chi connectivity index (χ0n) is 15.5. The Morgan fingerprint density at radius 2 is 1.67 bits per heavy atom. The third kappa shape index (κ3) is 4.97. The van der Waals surface area contributed by atoms with Gasteiger partial charge in [-0.3, -0.25) is 4.79 Å². The van der Waals surface area contributed by atoms with E-state index in [0.717, 1.165) is 12.1 Å². The zero-order valence-corrected chi connectivity index (χ0v) is 15.5. The maximum atomic E-state index is 13.8. The highest BCUT2D eigenvalue weighted by Gasteiger charge is 2.14. The molecular weight excluding hydrogens is 356 g/mol. The number of halogens is 2. The number of ether oxygens (including phenoxy) is 3. The maximum Gasteiger partial charge on any atom is 0.244 e. The summed E-state index contributed by atoms with van der Waals surface area (Å²) in [6.07, 6.45) is 2.87. The van der Waals surface area contributed by atoms with Gasteiger partial charge in [-0.15, -0.1) is 0 Å². The second-order valence-corrected chi connectivity index (χ2v) is 5.69. The fraction of sp³-hybridized carbons (Fsp3) is 0.250. The van der Waals surface area contributed by atoms with Gasteiger partial charge < -0.3 is 19.5 Å². The molecule has 0 aliphatic rings. The zero-order chi connectivity index (χ0) is 20.0. The van der Waals surface area contributed by atoms with Gasteiger partial charge in [-0.05, 0) is 36.8 Å². The monoisotopic (exact) mass is 377 g/mol. The van der Waals surface area contributed by atoms with E-state index >= 15 is 0 Å². The van der Waals surface area contributed by atoms with Crippen molar-refractivity contribution in [1.29, 1.82) is 0 Å². The molecule has 27 heavy (non-hydrogen) atoms. The summed E-state index contributed by atoms with van der Waals surface area (Å²) in [7, 11) is 4.49. The quantitative estimate of drug-likeness (QED) is 0.744. The molecule has 0 spiro atoms. The van der Waals surface area contributed by atoms with Crippen LogP contribution in [-0.4, -0.2) is 27.2 Å². The number of benzene rings is 2. The van der Waals surface area contributed by atoms with Crippen LogP contribution in [0.5, 0.6) is 17.2 Å². The molecule has 0 radical (unpaired) electrons. The van der Waals surface area contributed by atoms with Gasteiger partial charge in [0.15, 0.2) is 11.5 Å². The number of methoxy groups -OCH3 is 3. The average Bonchev–Trinajstić information content (AvgIpc) is 2.65. The first-order valence-corrected chi connectivity index (χ1v) is 8.13. The minimum Gasteiger partial charge on any atom is -0.493 e.